The van der Waals surface area contributed by atoms with Crippen molar-refractivity contribution in [2.45, 2.75) is 84.5 Å². The van der Waals surface area contributed by atoms with Crippen molar-refractivity contribution in [3.63, 3.8) is 0 Å². The molecule has 0 aliphatic rings. The normalized spacial score (nSPS) is 10.9. The second-order valence-corrected chi connectivity index (χ2v) is 6.05. The maximum atomic E-state index is 9.49. The van der Waals surface area contributed by atoms with Crippen molar-refractivity contribution in [3.05, 3.63) is 29.3 Å². The smallest absolute Gasteiger partial charge is 0.118 e. The fraction of sp³-hybridized carbons (Fsp3) is 0.684. The van der Waals surface area contributed by atoms with Crippen molar-refractivity contribution >= 4 is 0 Å². The molecule has 0 aliphatic heterocycles. The zero-order valence-corrected chi connectivity index (χ0v) is 13.5. The average molecular weight is 276 g/mol. The first kappa shape index (κ1) is 17.1. The quantitative estimate of drug-likeness (QED) is 0.479. The largest absolute Gasteiger partial charge is 0.508 e. The van der Waals surface area contributed by atoms with Crippen LogP contribution in [0.3, 0.4) is 0 Å². The van der Waals surface area contributed by atoms with Gasteiger partial charge in [-0.25, -0.2) is 0 Å². The van der Waals surface area contributed by atoms with E-state index in [2.05, 4.69) is 19.1 Å². The van der Waals surface area contributed by atoms with Crippen LogP contribution in [0.2, 0.25) is 0 Å². The molecule has 114 valence electrons. The van der Waals surface area contributed by atoms with Gasteiger partial charge in [-0.15, -0.1) is 0 Å². The van der Waals surface area contributed by atoms with Gasteiger partial charge in [0.2, 0.25) is 0 Å². The maximum absolute atomic E-state index is 9.49. The van der Waals surface area contributed by atoms with E-state index >= 15 is 0 Å². The van der Waals surface area contributed by atoms with Crippen LogP contribution in [0, 0.1) is 6.92 Å². The van der Waals surface area contributed by atoms with Crippen LogP contribution in [0.1, 0.15) is 82.3 Å². The molecule has 0 saturated carbocycles. The highest BCUT2D eigenvalue weighted by molar-refractivity contribution is 5.34. The van der Waals surface area contributed by atoms with Gasteiger partial charge in [0.15, 0.2) is 0 Å². The summed E-state index contributed by atoms with van der Waals surface area (Å²) in [6.07, 6.45) is 15.0. The highest BCUT2D eigenvalue weighted by Gasteiger charge is 1.98. The Balaban J connectivity index is 1.95. The number of aryl methyl sites for hydroxylation is 2. The summed E-state index contributed by atoms with van der Waals surface area (Å²) in [5.41, 5.74) is 2.36. The zero-order chi connectivity index (χ0) is 14.6. The van der Waals surface area contributed by atoms with Crippen LogP contribution in [0.4, 0.5) is 0 Å². The minimum Gasteiger partial charge on any atom is -0.508 e. The lowest BCUT2D eigenvalue weighted by Crippen LogP contribution is -1.88. The van der Waals surface area contributed by atoms with Gasteiger partial charge >= 0.3 is 0 Å². The Morgan fingerprint density at radius 3 is 1.90 bits per heavy atom. The van der Waals surface area contributed by atoms with Gasteiger partial charge in [-0.1, -0.05) is 76.8 Å². The molecule has 1 heteroatoms. The highest BCUT2D eigenvalue weighted by atomic mass is 16.3. The van der Waals surface area contributed by atoms with Crippen molar-refractivity contribution in [1.82, 2.24) is 0 Å². The highest BCUT2D eigenvalue weighted by Crippen LogP contribution is 2.19. The maximum Gasteiger partial charge on any atom is 0.118 e. The molecule has 0 fully saturated rings. The zero-order valence-electron chi connectivity index (χ0n) is 13.5. The Morgan fingerprint density at radius 1 is 0.800 bits per heavy atom. The second kappa shape index (κ2) is 10.8. The minimum atomic E-state index is 0.414. The predicted molar refractivity (Wildman–Crippen MR) is 88.4 cm³/mol. The SMILES string of the molecule is CCCCCCCCCCCCc1ccc(O)c(C)c1. The minimum absolute atomic E-state index is 0.414. The molecule has 1 N–H and O–H groups in total. The summed E-state index contributed by atoms with van der Waals surface area (Å²) < 4.78 is 0. The van der Waals surface area contributed by atoms with E-state index in [1.54, 1.807) is 0 Å². The predicted octanol–water partition coefficient (Wildman–Crippen LogP) is 6.16. The van der Waals surface area contributed by atoms with E-state index in [0.717, 1.165) is 12.0 Å². The third-order valence-electron chi connectivity index (χ3n) is 4.08. The van der Waals surface area contributed by atoms with Crippen molar-refractivity contribution in [3.8, 4) is 5.75 Å². The Morgan fingerprint density at radius 2 is 1.35 bits per heavy atom. The molecule has 0 spiro atoms. The first-order chi connectivity index (χ1) is 9.74. The van der Waals surface area contributed by atoms with Gasteiger partial charge in [-0.2, -0.15) is 0 Å². The fourth-order valence-electron chi connectivity index (χ4n) is 2.69. The Kier molecular flexibility index (Phi) is 9.19. The van der Waals surface area contributed by atoms with E-state index in [4.69, 9.17) is 0 Å². The van der Waals surface area contributed by atoms with Crippen LogP contribution in [0.5, 0.6) is 5.75 Å². The standard InChI is InChI=1S/C19H32O/c1-3-4-5-6-7-8-9-10-11-12-13-18-14-15-19(20)17(2)16-18/h14-16,20H,3-13H2,1-2H3. The summed E-state index contributed by atoms with van der Waals surface area (Å²) in [6, 6.07) is 5.99. The number of unbranched alkanes of at least 4 members (excludes halogenated alkanes) is 9. The van der Waals surface area contributed by atoms with Crippen molar-refractivity contribution < 1.29 is 5.11 Å². The molecule has 1 nitrogen and oxygen atoms in total. The van der Waals surface area contributed by atoms with Crippen LogP contribution >= 0.6 is 0 Å². The molecule has 0 unspecified atom stereocenters. The molecule has 0 heterocycles. The van der Waals surface area contributed by atoms with E-state index in [-0.39, 0.29) is 0 Å². The first-order valence-electron chi connectivity index (χ1n) is 8.52. The van der Waals surface area contributed by atoms with E-state index in [9.17, 15) is 5.11 Å². The number of benzene rings is 1. The molecule has 1 aromatic carbocycles. The van der Waals surface area contributed by atoms with Gasteiger partial charge in [-0.05, 0) is 37.0 Å². The molecule has 0 saturated heterocycles. The number of hydrogen-bond donors (Lipinski definition) is 1. The molecular weight excluding hydrogens is 244 g/mol. The summed E-state index contributed by atoms with van der Waals surface area (Å²) in [6.45, 7) is 4.24. The molecule has 1 aromatic rings. The van der Waals surface area contributed by atoms with E-state index in [1.807, 2.05) is 13.0 Å². The molecule has 0 aromatic heterocycles. The number of aromatic hydroxyl groups is 1. The lowest BCUT2D eigenvalue weighted by Gasteiger charge is -2.05. The van der Waals surface area contributed by atoms with E-state index < -0.39 is 0 Å². The lowest BCUT2D eigenvalue weighted by molar-refractivity contribution is 0.470. The van der Waals surface area contributed by atoms with Crippen LogP contribution in [0.15, 0.2) is 18.2 Å². The van der Waals surface area contributed by atoms with Crippen LogP contribution in [-0.2, 0) is 6.42 Å². The lowest BCUT2D eigenvalue weighted by atomic mass is 10.0. The monoisotopic (exact) mass is 276 g/mol. The van der Waals surface area contributed by atoms with Crippen LogP contribution < -0.4 is 0 Å². The topological polar surface area (TPSA) is 20.2 Å². The van der Waals surface area contributed by atoms with Gasteiger partial charge in [0.25, 0.3) is 0 Å². The molecule has 20 heavy (non-hydrogen) atoms. The molecule has 0 aliphatic carbocycles. The third-order valence-corrected chi connectivity index (χ3v) is 4.08. The fourth-order valence-corrected chi connectivity index (χ4v) is 2.69. The van der Waals surface area contributed by atoms with Gasteiger partial charge in [0.05, 0.1) is 0 Å². The van der Waals surface area contributed by atoms with Crippen molar-refractivity contribution in [2.75, 3.05) is 0 Å². The summed E-state index contributed by atoms with van der Waals surface area (Å²) in [4.78, 5) is 0. The van der Waals surface area contributed by atoms with E-state index in [1.165, 1.54) is 69.8 Å². The van der Waals surface area contributed by atoms with Gasteiger partial charge in [0, 0.05) is 0 Å². The summed E-state index contributed by atoms with van der Waals surface area (Å²) >= 11 is 0. The number of phenolic OH excluding ortho intramolecular Hbond substituents is 1. The van der Waals surface area contributed by atoms with Gasteiger partial charge in [-0.3, -0.25) is 0 Å². The Hall–Kier alpha value is -0.980. The Labute approximate surface area is 125 Å². The molecule has 0 bridgehead atoms. The number of rotatable bonds is 11. The summed E-state index contributed by atoms with van der Waals surface area (Å²) in [5.74, 6) is 0.414. The molecule has 1 rings (SSSR count). The average Bonchev–Trinajstić information content (AvgIpc) is 2.45. The summed E-state index contributed by atoms with van der Waals surface area (Å²) in [7, 11) is 0. The van der Waals surface area contributed by atoms with E-state index in [0.29, 0.717) is 5.75 Å². The van der Waals surface area contributed by atoms with Crippen LogP contribution in [0.25, 0.3) is 0 Å². The van der Waals surface area contributed by atoms with Gasteiger partial charge < -0.3 is 5.11 Å². The third kappa shape index (κ3) is 7.57. The second-order valence-electron chi connectivity index (χ2n) is 6.05. The summed E-state index contributed by atoms with van der Waals surface area (Å²) in [5, 5.41) is 9.49. The molecule has 0 atom stereocenters. The molecular formula is C19H32O. The molecule has 0 amide bonds. The van der Waals surface area contributed by atoms with Crippen molar-refractivity contribution in [1.29, 1.82) is 0 Å². The number of hydrogen-bond acceptors (Lipinski definition) is 1. The van der Waals surface area contributed by atoms with Gasteiger partial charge in [0.1, 0.15) is 5.75 Å². The first-order valence-corrected chi connectivity index (χ1v) is 8.52. The Bertz CT molecular complexity index is 357. The van der Waals surface area contributed by atoms with Crippen LogP contribution in [-0.4, -0.2) is 5.11 Å². The van der Waals surface area contributed by atoms with Crippen molar-refractivity contribution in [2.24, 2.45) is 0 Å². The number of phenols is 1. The molecule has 0 radical (unpaired) electrons.